The molecule has 0 amide bonds. The zero-order valence-electron chi connectivity index (χ0n) is 11.4. The van der Waals surface area contributed by atoms with Crippen LogP contribution in [-0.4, -0.2) is 24.9 Å². The molecular weight excluding hydrogens is 281 g/mol. The molecule has 0 unspecified atom stereocenters. The van der Waals surface area contributed by atoms with E-state index in [1.165, 1.54) is 6.20 Å². The summed E-state index contributed by atoms with van der Waals surface area (Å²) < 4.78 is 14.2. The molecule has 0 radical (unpaired) electrons. The second kappa shape index (κ2) is 5.00. The Morgan fingerprint density at radius 1 is 1.00 bits per heavy atom. The number of hydrogen-bond acceptors (Lipinski definition) is 4. The first kappa shape index (κ1) is 12.6. The quantitative estimate of drug-likeness (QED) is 0.615. The van der Waals surface area contributed by atoms with Crippen molar-refractivity contribution in [1.29, 1.82) is 0 Å². The van der Waals surface area contributed by atoms with Crippen LogP contribution in [0.5, 0.6) is 0 Å². The van der Waals surface area contributed by atoms with Crippen molar-refractivity contribution in [3.63, 3.8) is 0 Å². The highest BCUT2D eigenvalue weighted by molar-refractivity contribution is 5.88. The van der Waals surface area contributed by atoms with Gasteiger partial charge in [0.05, 0.1) is 23.7 Å². The lowest BCUT2D eigenvalue weighted by molar-refractivity contribution is 0.625. The van der Waals surface area contributed by atoms with E-state index in [1.54, 1.807) is 31.0 Å². The molecule has 6 heteroatoms. The topological polar surface area (TPSA) is 67.3 Å². The first-order chi connectivity index (χ1) is 10.8. The van der Waals surface area contributed by atoms with Gasteiger partial charge in [0, 0.05) is 35.3 Å². The third-order valence-corrected chi connectivity index (χ3v) is 3.41. The van der Waals surface area contributed by atoms with Crippen molar-refractivity contribution < 1.29 is 4.39 Å². The molecule has 106 valence electrons. The summed E-state index contributed by atoms with van der Waals surface area (Å²) in [7, 11) is 0. The van der Waals surface area contributed by atoms with Crippen LogP contribution in [0.3, 0.4) is 0 Å². The normalized spacial score (nSPS) is 11.0. The van der Waals surface area contributed by atoms with Crippen LogP contribution in [0.2, 0.25) is 0 Å². The molecule has 1 N–H and O–H groups in total. The summed E-state index contributed by atoms with van der Waals surface area (Å²) in [4.78, 5) is 19.6. The van der Waals surface area contributed by atoms with E-state index in [0.717, 1.165) is 11.1 Å². The molecule has 4 rings (SSSR count). The van der Waals surface area contributed by atoms with Crippen LogP contribution < -0.4 is 0 Å². The highest BCUT2D eigenvalue weighted by Crippen LogP contribution is 2.33. The van der Waals surface area contributed by atoms with Crippen LogP contribution in [0.15, 0.2) is 55.4 Å². The lowest BCUT2D eigenvalue weighted by Crippen LogP contribution is -1.94. The van der Waals surface area contributed by atoms with Crippen LogP contribution in [0.4, 0.5) is 4.39 Å². The number of H-pyrrole nitrogens is 1. The Bertz CT molecular complexity index is 949. The van der Waals surface area contributed by atoms with E-state index in [9.17, 15) is 4.39 Å². The van der Waals surface area contributed by atoms with Gasteiger partial charge in [-0.25, -0.2) is 14.4 Å². The lowest BCUT2D eigenvalue weighted by Gasteiger charge is -2.09. The largest absolute Gasteiger partial charge is 0.343 e. The number of rotatable bonds is 2. The van der Waals surface area contributed by atoms with Gasteiger partial charge in [0.25, 0.3) is 0 Å². The number of pyridine rings is 3. The zero-order chi connectivity index (χ0) is 14.9. The number of hydrogen-bond donors (Lipinski definition) is 1. The lowest BCUT2D eigenvalue weighted by atomic mass is 10.0. The van der Waals surface area contributed by atoms with Crippen molar-refractivity contribution >= 4 is 11.2 Å². The van der Waals surface area contributed by atoms with Gasteiger partial charge >= 0.3 is 0 Å². The molecule has 0 atom stereocenters. The SMILES string of the molecule is Fc1cnccc1-c1cc2[nH]cnc2nc1-c1cccnc1. The minimum atomic E-state index is -0.395. The summed E-state index contributed by atoms with van der Waals surface area (Å²) >= 11 is 0. The van der Waals surface area contributed by atoms with Crippen LogP contribution >= 0.6 is 0 Å². The Balaban J connectivity index is 2.06. The predicted octanol–water partition coefficient (Wildman–Crippen LogP) is 3.22. The molecule has 4 aromatic rings. The fourth-order valence-corrected chi connectivity index (χ4v) is 2.39. The molecule has 0 aliphatic rings. The van der Waals surface area contributed by atoms with Gasteiger partial charge in [0.2, 0.25) is 0 Å². The highest BCUT2D eigenvalue weighted by Gasteiger charge is 2.15. The van der Waals surface area contributed by atoms with Gasteiger partial charge in [0.1, 0.15) is 5.82 Å². The van der Waals surface area contributed by atoms with Crippen molar-refractivity contribution in [2.75, 3.05) is 0 Å². The number of nitrogens with zero attached hydrogens (tertiary/aromatic N) is 4. The standard InChI is InChI=1S/C16H10FN5/c17-13-8-19-5-3-11(13)12-6-14-16(21-9-20-14)22-15(12)10-2-1-4-18-7-10/h1-9H,(H,20,21,22). The fourth-order valence-electron chi connectivity index (χ4n) is 2.39. The van der Waals surface area contributed by atoms with E-state index in [4.69, 9.17) is 0 Å². The van der Waals surface area contributed by atoms with E-state index in [0.29, 0.717) is 22.5 Å². The molecule has 0 spiro atoms. The first-order valence-corrected chi connectivity index (χ1v) is 6.67. The third kappa shape index (κ3) is 2.01. The minimum absolute atomic E-state index is 0.395. The van der Waals surface area contributed by atoms with Gasteiger partial charge in [-0.15, -0.1) is 0 Å². The zero-order valence-corrected chi connectivity index (χ0v) is 11.4. The van der Waals surface area contributed by atoms with E-state index < -0.39 is 5.82 Å². The molecule has 0 bridgehead atoms. The molecule has 4 heterocycles. The van der Waals surface area contributed by atoms with Gasteiger partial charge in [-0.1, -0.05) is 0 Å². The van der Waals surface area contributed by atoms with Crippen molar-refractivity contribution in [3.05, 3.63) is 61.2 Å². The summed E-state index contributed by atoms with van der Waals surface area (Å²) in [5.41, 5.74) is 3.88. The molecule has 22 heavy (non-hydrogen) atoms. The molecule has 0 saturated heterocycles. The second-order valence-corrected chi connectivity index (χ2v) is 4.76. The first-order valence-electron chi connectivity index (χ1n) is 6.67. The summed E-state index contributed by atoms with van der Waals surface area (Å²) in [6, 6.07) is 7.18. The number of halogens is 1. The van der Waals surface area contributed by atoms with E-state index in [2.05, 4.69) is 24.9 Å². The Labute approximate surface area is 124 Å². The molecule has 4 aromatic heterocycles. The van der Waals surface area contributed by atoms with Gasteiger partial charge in [-0.2, -0.15) is 0 Å². The fraction of sp³-hybridized carbons (Fsp3) is 0. The van der Waals surface area contributed by atoms with Crippen molar-refractivity contribution in [1.82, 2.24) is 24.9 Å². The number of nitrogens with one attached hydrogen (secondary N) is 1. The Morgan fingerprint density at radius 3 is 2.73 bits per heavy atom. The maximum Gasteiger partial charge on any atom is 0.178 e. The highest BCUT2D eigenvalue weighted by atomic mass is 19.1. The Kier molecular flexibility index (Phi) is 2.86. The van der Waals surface area contributed by atoms with Gasteiger partial charge in [0.15, 0.2) is 5.65 Å². The van der Waals surface area contributed by atoms with E-state index in [-0.39, 0.29) is 0 Å². The van der Waals surface area contributed by atoms with Gasteiger partial charge < -0.3 is 4.98 Å². The van der Waals surface area contributed by atoms with E-state index >= 15 is 0 Å². The molecule has 0 aromatic carbocycles. The predicted molar refractivity (Wildman–Crippen MR) is 80.3 cm³/mol. The Hall–Kier alpha value is -3.15. The number of aromatic nitrogens is 5. The average Bonchev–Trinajstić information content (AvgIpc) is 3.02. The number of fused-ring (bicyclic) bond motifs is 1. The molecular formula is C16H10FN5. The molecule has 0 fully saturated rings. The van der Waals surface area contributed by atoms with Crippen molar-refractivity contribution in [2.24, 2.45) is 0 Å². The maximum atomic E-state index is 14.2. The summed E-state index contributed by atoms with van der Waals surface area (Å²) in [6.45, 7) is 0. The average molecular weight is 291 g/mol. The van der Waals surface area contributed by atoms with Crippen LogP contribution in [0.25, 0.3) is 33.5 Å². The third-order valence-electron chi connectivity index (χ3n) is 3.41. The Morgan fingerprint density at radius 2 is 1.91 bits per heavy atom. The van der Waals surface area contributed by atoms with Crippen LogP contribution in [0.1, 0.15) is 0 Å². The second-order valence-electron chi connectivity index (χ2n) is 4.76. The molecule has 0 aliphatic carbocycles. The summed E-state index contributed by atoms with van der Waals surface area (Å²) in [5, 5.41) is 0. The smallest absolute Gasteiger partial charge is 0.178 e. The summed E-state index contributed by atoms with van der Waals surface area (Å²) in [6.07, 6.45) is 7.70. The molecule has 0 saturated carbocycles. The maximum absolute atomic E-state index is 14.2. The van der Waals surface area contributed by atoms with Gasteiger partial charge in [-0.05, 0) is 24.3 Å². The van der Waals surface area contributed by atoms with Crippen LogP contribution in [0, 0.1) is 5.82 Å². The number of imidazole rings is 1. The molecule has 5 nitrogen and oxygen atoms in total. The van der Waals surface area contributed by atoms with Crippen molar-refractivity contribution in [2.45, 2.75) is 0 Å². The van der Waals surface area contributed by atoms with Crippen LogP contribution in [-0.2, 0) is 0 Å². The minimum Gasteiger partial charge on any atom is -0.343 e. The molecule has 0 aliphatic heterocycles. The monoisotopic (exact) mass is 291 g/mol. The van der Waals surface area contributed by atoms with Gasteiger partial charge in [-0.3, -0.25) is 9.97 Å². The van der Waals surface area contributed by atoms with E-state index in [1.807, 2.05) is 18.2 Å². The number of aromatic amines is 1. The van der Waals surface area contributed by atoms with Crippen molar-refractivity contribution in [3.8, 4) is 22.4 Å². The summed E-state index contributed by atoms with van der Waals surface area (Å²) in [5.74, 6) is -0.395.